The molecule has 0 rings (SSSR count). The van der Waals surface area contributed by atoms with Gasteiger partial charge in [0, 0.05) is 6.54 Å². The Morgan fingerprint density at radius 3 is 2.71 bits per heavy atom. The normalized spacial score (nSPS) is 12.9. The number of nitriles is 1. The molecule has 0 aromatic carbocycles. The molecule has 8 heteroatoms. The lowest BCUT2D eigenvalue weighted by atomic mass is 10.4. The minimum atomic E-state index is -3.75. The highest BCUT2D eigenvalue weighted by Crippen LogP contribution is 1.88. The molecule has 0 aromatic rings. The summed E-state index contributed by atoms with van der Waals surface area (Å²) in [7, 11) is -2.68. The Labute approximate surface area is 81.3 Å². The summed E-state index contributed by atoms with van der Waals surface area (Å²) in [4.78, 5) is 10.6. The largest absolute Gasteiger partial charge is 0.467 e. The van der Waals surface area contributed by atoms with Gasteiger partial charge in [0.15, 0.2) is 11.9 Å². The van der Waals surface area contributed by atoms with Crippen molar-refractivity contribution >= 4 is 16.0 Å². The third kappa shape index (κ3) is 4.76. The summed E-state index contributed by atoms with van der Waals surface area (Å²) in [5.74, 6) is -1.66. The maximum absolute atomic E-state index is 10.8. The fraction of sp³-hybridized carbons (Fsp3) is 0.667. The summed E-state index contributed by atoms with van der Waals surface area (Å²) in [6.45, 7) is -0.503. The predicted octanol–water partition coefficient (Wildman–Crippen LogP) is -2.04. The summed E-state index contributed by atoms with van der Waals surface area (Å²) in [5.41, 5.74) is 0. The van der Waals surface area contributed by atoms with Crippen LogP contribution in [-0.4, -0.2) is 45.0 Å². The Morgan fingerprint density at radius 1 is 1.71 bits per heavy atom. The molecule has 0 aliphatic heterocycles. The van der Waals surface area contributed by atoms with E-state index in [4.69, 9.17) is 10.4 Å². The zero-order valence-corrected chi connectivity index (χ0v) is 8.24. The van der Waals surface area contributed by atoms with E-state index < -0.39 is 34.4 Å². The number of aliphatic hydroxyl groups is 1. The first-order valence-corrected chi connectivity index (χ1v) is 5.18. The fourth-order valence-corrected chi connectivity index (χ4v) is 1.25. The molecule has 0 fully saturated rings. The topological polar surface area (TPSA) is 116 Å². The second-order valence-corrected chi connectivity index (χ2v) is 4.11. The lowest BCUT2D eigenvalue weighted by Gasteiger charge is -2.08. The van der Waals surface area contributed by atoms with Gasteiger partial charge in [0.2, 0.25) is 10.0 Å². The van der Waals surface area contributed by atoms with Crippen LogP contribution in [0.3, 0.4) is 0 Å². The molecule has 0 heterocycles. The standard InChI is InChI=1S/C6H10N2O5S/c1-13-6(10)5(9)4-8-14(11,12)3-2-7/h5,8-9H,3-4H2,1H3. The van der Waals surface area contributed by atoms with Crippen LogP contribution in [-0.2, 0) is 19.6 Å². The summed E-state index contributed by atoms with van der Waals surface area (Å²) in [6.07, 6.45) is -1.56. The van der Waals surface area contributed by atoms with E-state index in [2.05, 4.69) is 4.74 Å². The smallest absolute Gasteiger partial charge is 0.336 e. The van der Waals surface area contributed by atoms with Crippen LogP contribution in [0.15, 0.2) is 0 Å². The third-order valence-electron chi connectivity index (χ3n) is 1.22. The molecule has 0 radical (unpaired) electrons. The molecule has 80 valence electrons. The molecule has 0 spiro atoms. The van der Waals surface area contributed by atoms with Crippen molar-refractivity contribution in [2.75, 3.05) is 19.4 Å². The maximum Gasteiger partial charge on any atom is 0.336 e. The Bertz CT molecular complexity index is 331. The molecule has 0 amide bonds. The van der Waals surface area contributed by atoms with E-state index in [9.17, 15) is 13.2 Å². The number of sulfonamides is 1. The molecule has 14 heavy (non-hydrogen) atoms. The van der Waals surface area contributed by atoms with E-state index in [1.807, 2.05) is 4.72 Å². The quantitative estimate of drug-likeness (QED) is 0.518. The van der Waals surface area contributed by atoms with Gasteiger partial charge in [-0.05, 0) is 0 Å². The van der Waals surface area contributed by atoms with Gasteiger partial charge in [-0.1, -0.05) is 0 Å². The Hall–Kier alpha value is -1.17. The van der Waals surface area contributed by atoms with Crippen LogP contribution in [0.1, 0.15) is 0 Å². The zero-order valence-electron chi connectivity index (χ0n) is 7.43. The van der Waals surface area contributed by atoms with Crippen molar-refractivity contribution in [1.82, 2.24) is 4.72 Å². The predicted molar refractivity (Wildman–Crippen MR) is 45.4 cm³/mol. The van der Waals surface area contributed by atoms with E-state index >= 15 is 0 Å². The first-order chi connectivity index (χ1) is 6.43. The average Bonchev–Trinajstić information content (AvgIpc) is 2.13. The molecule has 7 nitrogen and oxygen atoms in total. The molecular weight excluding hydrogens is 212 g/mol. The number of nitrogens with zero attached hydrogens (tertiary/aromatic N) is 1. The molecule has 0 aliphatic carbocycles. The van der Waals surface area contributed by atoms with Gasteiger partial charge in [-0.25, -0.2) is 17.9 Å². The van der Waals surface area contributed by atoms with E-state index in [1.165, 1.54) is 6.07 Å². The van der Waals surface area contributed by atoms with Gasteiger partial charge in [-0.3, -0.25) is 0 Å². The molecular formula is C6H10N2O5S. The van der Waals surface area contributed by atoms with Gasteiger partial charge in [0.25, 0.3) is 0 Å². The number of hydrogen-bond donors (Lipinski definition) is 2. The Kier molecular flexibility index (Phi) is 5.07. The molecule has 0 saturated heterocycles. The number of esters is 1. The molecule has 0 saturated carbocycles. The number of aliphatic hydroxyl groups excluding tert-OH is 1. The molecule has 1 atom stereocenters. The van der Waals surface area contributed by atoms with E-state index in [-0.39, 0.29) is 0 Å². The van der Waals surface area contributed by atoms with E-state index in [0.29, 0.717) is 0 Å². The molecule has 1 unspecified atom stereocenters. The number of nitrogens with one attached hydrogen (secondary N) is 1. The first kappa shape index (κ1) is 12.8. The van der Waals surface area contributed by atoms with Crippen LogP contribution < -0.4 is 4.72 Å². The van der Waals surface area contributed by atoms with Crippen LogP contribution in [0, 0.1) is 11.3 Å². The molecule has 0 aromatic heterocycles. The van der Waals surface area contributed by atoms with Crippen molar-refractivity contribution in [3.8, 4) is 6.07 Å². The van der Waals surface area contributed by atoms with Crippen molar-refractivity contribution in [3.05, 3.63) is 0 Å². The molecule has 2 N–H and O–H groups in total. The number of carbonyl (C=O) groups excluding carboxylic acids is 1. The summed E-state index contributed by atoms with van der Waals surface area (Å²) in [6, 6.07) is 1.43. The minimum Gasteiger partial charge on any atom is -0.467 e. The Balaban J connectivity index is 4.08. The average molecular weight is 222 g/mol. The highest BCUT2D eigenvalue weighted by Gasteiger charge is 2.18. The summed E-state index contributed by atoms with van der Waals surface area (Å²) >= 11 is 0. The number of hydrogen-bond acceptors (Lipinski definition) is 6. The van der Waals surface area contributed by atoms with Crippen molar-refractivity contribution in [1.29, 1.82) is 5.26 Å². The van der Waals surface area contributed by atoms with Gasteiger partial charge in [-0.2, -0.15) is 5.26 Å². The molecule has 0 aliphatic rings. The van der Waals surface area contributed by atoms with E-state index in [0.717, 1.165) is 7.11 Å². The minimum absolute atomic E-state index is 0.503. The fourth-order valence-electron chi connectivity index (χ4n) is 0.561. The SMILES string of the molecule is COC(=O)C(O)CNS(=O)(=O)CC#N. The van der Waals surface area contributed by atoms with Crippen LogP contribution in [0.25, 0.3) is 0 Å². The second-order valence-electron chi connectivity index (χ2n) is 2.30. The Morgan fingerprint density at radius 2 is 2.29 bits per heavy atom. The van der Waals surface area contributed by atoms with Crippen molar-refractivity contribution in [3.63, 3.8) is 0 Å². The lowest BCUT2D eigenvalue weighted by Crippen LogP contribution is -2.38. The zero-order chi connectivity index (χ0) is 11.2. The number of ether oxygens (including phenoxy) is 1. The van der Waals surface area contributed by atoms with Gasteiger partial charge in [-0.15, -0.1) is 0 Å². The van der Waals surface area contributed by atoms with Crippen molar-refractivity contribution < 1.29 is 23.1 Å². The van der Waals surface area contributed by atoms with Gasteiger partial charge >= 0.3 is 5.97 Å². The van der Waals surface area contributed by atoms with Crippen molar-refractivity contribution in [2.45, 2.75) is 6.10 Å². The van der Waals surface area contributed by atoms with Gasteiger partial charge < -0.3 is 9.84 Å². The molecule has 0 bridgehead atoms. The second kappa shape index (κ2) is 5.54. The third-order valence-corrected chi connectivity index (χ3v) is 2.34. The van der Waals surface area contributed by atoms with Crippen LogP contribution in [0.4, 0.5) is 0 Å². The lowest BCUT2D eigenvalue weighted by molar-refractivity contribution is -0.149. The highest BCUT2D eigenvalue weighted by atomic mass is 32.2. The van der Waals surface area contributed by atoms with Crippen LogP contribution in [0.2, 0.25) is 0 Å². The van der Waals surface area contributed by atoms with Gasteiger partial charge in [0.05, 0.1) is 13.2 Å². The summed E-state index contributed by atoms with van der Waals surface area (Å²) in [5, 5.41) is 17.1. The van der Waals surface area contributed by atoms with Crippen LogP contribution in [0.5, 0.6) is 0 Å². The highest BCUT2D eigenvalue weighted by molar-refractivity contribution is 7.89. The monoisotopic (exact) mass is 222 g/mol. The maximum atomic E-state index is 10.8. The summed E-state index contributed by atoms with van der Waals surface area (Å²) < 4.78 is 27.7. The number of rotatable bonds is 5. The first-order valence-electron chi connectivity index (χ1n) is 3.53. The van der Waals surface area contributed by atoms with Gasteiger partial charge in [0.1, 0.15) is 0 Å². The number of methoxy groups -OCH3 is 1. The number of carbonyl (C=O) groups is 1. The van der Waals surface area contributed by atoms with Crippen LogP contribution >= 0.6 is 0 Å². The van der Waals surface area contributed by atoms with E-state index in [1.54, 1.807) is 0 Å². The van der Waals surface area contributed by atoms with Crippen molar-refractivity contribution in [2.24, 2.45) is 0 Å².